The predicted molar refractivity (Wildman–Crippen MR) is 120 cm³/mol. The van der Waals surface area contributed by atoms with E-state index in [0.717, 1.165) is 13.8 Å². The number of rotatable bonds is 11. The summed E-state index contributed by atoms with van der Waals surface area (Å²) in [6.07, 6.45) is -19.1. The third-order valence-electron chi connectivity index (χ3n) is 7.28. The van der Waals surface area contributed by atoms with E-state index in [2.05, 4.69) is 6.58 Å². The molecule has 0 aromatic rings. The van der Waals surface area contributed by atoms with E-state index in [1.807, 2.05) is 0 Å². The minimum atomic E-state index is -6.14. The van der Waals surface area contributed by atoms with Crippen molar-refractivity contribution in [2.24, 2.45) is 11.8 Å². The summed E-state index contributed by atoms with van der Waals surface area (Å²) in [5.41, 5.74) is -12.5. The first kappa shape index (κ1) is 36.4. The number of halogens is 10. The Labute approximate surface area is 224 Å². The van der Waals surface area contributed by atoms with Crippen molar-refractivity contribution in [1.29, 1.82) is 0 Å². The molecule has 1 aliphatic carbocycles. The molecule has 2 N–H and O–H groups in total. The van der Waals surface area contributed by atoms with Crippen LogP contribution in [-0.2, 0) is 19.0 Å². The van der Waals surface area contributed by atoms with Crippen LogP contribution in [0.15, 0.2) is 12.2 Å². The van der Waals surface area contributed by atoms with Gasteiger partial charge in [0.1, 0.15) is 12.8 Å². The first-order chi connectivity index (χ1) is 17.6. The fourth-order valence-corrected chi connectivity index (χ4v) is 4.10. The Morgan fingerprint density at radius 1 is 0.775 bits per heavy atom. The summed E-state index contributed by atoms with van der Waals surface area (Å²) in [5.74, 6) is -2.74. The molecule has 0 aromatic heterocycles. The average Bonchev–Trinajstić information content (AvgIpc) is 2.78. The van der Waals surface area contributed by atoms with Gasteiger partial charge in [0.25, 0.3) is 5.60 Å². The Morgan fingerprint density at radius 2 is 1.18 bits per heavy atom. The van der Waals surface area contributed by atoms with Crippen LogP contribution >= 0.6 is 0 Å². The minimum absolute atomic E-state index is 0.0386. The van der Waals surface area contributed by atoms with Crippen LogP contribution in [0.5, 0.6) is 0 Å². The van der Waals surface area contributed by atoms with Gasteiger partial charge in [-0.2, -0.15) is 39.5 Å². The molecule has 0 spiro atoms. The SMILES string of the molecule is C=C(C)C(=O)OC1CC(C(C)(C)OCC(O)(CF)C(F)(F)F)CC(C(C)(C)OCC(O)(C(F)(F)F)C(F)(F)F)C1. The molecule has 16 heteroatoms. The molecule has 6 nitrogen and oxygen atoms in total. The van der Waals surface area contributed by atoms with Crippen LogP contribution in [0, 0.1) is 11.8 Å². The van der Waals surface area contributed by atoms with Gasteiger partial charge < -0.3 is 24.4 Å². The number of esters is 1. The van der Waals surface area contributed by atoms with E-state index in [1.54, 1.807) is 0 Å². The molecule has 0 radical (unpaired) electrons. The molecular formula is C24H34F10O6. The van der Waals surface area contributed by atoms with Crippen molar-refractivity contribution in [3.05, 3.63) is 12.2 Å². The molecule has 1 fully saturated rings. The lowest BCUT2D eigenvalue weighted by atomic mass is 9.68. The van der Waals surface area contributed by atoms with Crippen molar-refractivity contribution < 1.29 is 73.1 Å². The highest BCUT2D eigenvalue weighted by Gasteiger charge is 2.71. The topological polar surface area (TPSA) is 85.2 Å². The standard InChI is InChI=1S/C24H34F10O6/c1-13(2)17(35)40-16-8-14(18(3,4)38-11-20(36,10-25)22(26,27)28)7-15(9-16)19(5,6)39-12-21(37,23(29,30)31)24(32,33)34/h14-16,36-37H,1,7-12H2,2-6H3. The maximum absolute atomic E-state index is 13.2. The zero-order valence-electron chi connectivity index (χ0n) is 22.5. The highest BCUT2D eigenvalue weighted by atomic mass is 19.4. The Morgan fingerprint density at radius 3 is 1.50 bits per heavy atom. The quantitative estimate of drug-likeness (QED) is 0.181. The fraction of sp³-hybridized carbons (Fsp3) is 0.875. The van der Waals surface area contributed by atoms with Crippen molar-refractivity contribution in [2.45, 2.75) is 101 Å². The van der Waals surface area contributed by atoms with E-state index < -0.39 is 84.7 Å². The lowest BCUT2D eigenvalue weighted by Gasteiger charge is -2.48. The van der Waals surface area contributed by atoms with Gasteiger partial charge in [0, 0.05) is 5.57 Å². The second kappa shape index (κ2) is 11.9. The molecule has 4 unspecified atom stereocenters. The van der Waals surface area contributed by atoms with E-state index >= 15 is 0 Å². The van der Waals surface area contributed by atoms with Gasteiger partial charge in [0.2, 0.25) is 5.60 Å². The summed E-state index contributed by atoms with van der Waals surface area (Å²) in [6, 6.07) is 0. The molecule has 0 heterocycles. The second-order valence-electron chi connectivity index (χ2n) is 11.2. The van der Waals surface area contributed by atoms with Crippen molar-refractivity contribution in [2.75, 3.05) is 19.9 Å². The van der Waals surface area contributed by atoms with Gasteiger partial charge in [-0.05, 0) is 65.7 Å². The van der Waals surface area contributed by atoms with Crippen LogP contribution < -0.4 is 0 Å². The van der Waals surface area contributed by atoms with Gasteiger partial charge in [-0.25, -0.2) is 9.18 Å². The Bertz CT molecular complexity index is 882. The third kappa shape index (κ3) is 8.22. The number of alkyl halides is 10. The lowest BCUT2D eigenvalue weighted by molar-refractivity contribution is -0.383. The maximum Gasteiger partial charge on any atom is 0.428 e. The van der Waals surface area contributed by atoms with E-state index in [-0.39, 0.29) is 24.8 Å². The molecule has 40 heavy (non-hydrogen) atoms. The second-order valence-corrected chi connectivity index (χ2v) is 11.2. The van der Waals surface area contributed by atoms with Crippen molar-refractivity contribution in [3.8, 4) is 0 Å². The summed E-state index contributed by atoms with van der Waals surface area (Å²) in [6.45, 7) is 3.61. The molecule has 1 saturated carbocycles. The third-order valence-corrected chi connectivity index (χ3v) is 7.28. The van der Waals surface area contributed by atoms with Gasteiger partial charge in [0.05, 0.1) is 24.4 Å². The highest BCUT2D eigenvalue weighted by Crippen LogP contribution is 2.47. The van der Waals surface area contributed by atoms with Gasteiger partial charge in [-0.3, -0.25) is 0 Å². The molecule has 1 aliphatic rings. The highest BCUT2D eigenvalue weighted by molar-refractivity contribution is 5.87. The maximum atomic E-state index is 13.2. The van der Waals surface area contributed by atoms with Crippen LogP contribution in [0.4, 0.5) is 43.9 Å². The van der Waals surface area contributed by atoms with E-state index in [9.17, 15) is 58.9 Å². The molecule has 0 aliphatic heterocycles. The monoisotopic (exact) mass is 608 g/mol. The number of carbonyl (C=O) groups excluding carboxylic acids is 1. The Balaban J connectivity index is 3.30. The van der Waals surface area contributed by atoms with Crippen LogP contribution in [0.1, 0.15) is 53.9 Å². The van der Waals surface area contributed by atoms with Crippen LogP contribution in [0.25, 0.3) is 0 Å². The molecule has 4 atom stereocenters. The summed E-state index contributed by atoms with van der Waals surface area (Å²) in [4.78, 5) is 12.1. The van der Waals surface area contributed by atoms with E-state index in [4.69, 9.17) is 14.2 Å². The molecule has 236 valence electrons. The average molecular weight is 609 g/mol. The molecule has 1 rings (SSSR count). The zero-order chi connectivity index (χ0) is 31.8. The van der Waals surface area contributed by atoms with Gasteiger partial charge in [-0.1, -0.05) is 6.58 Å². The van der Waals surface area contributed by atoms with Crippen molar-refractivity contribution >= 4 is 5.97 Å². The number of hydrogen-bond donors (Lipinski definition) is 2. The number of aliphatic hydroxyl groups is 2. The normalized spacial score (nSPS) is 23.5. The predicted octanol–water partition coefficient (Wildman–Crippen LogP) is 5.60. The molecule has 0 amide bonds. The Hall–Kier alpha value is -1.65. The molecule has 0 bridgehead atoms. The van der Waals surface area contributed by atoms with Gasteiger partial charge in [0.15, 0.2) is 0 Å². The smallest absolute Gasteiger partial charge is 0.428 e. The summed E-state index contributed by atoms with van der Waals surface area (Å²) < 4.78 is 147. The fourth-order valence-electron chi connectivity index (χ4n) is 4.10. The first-order valence-corrected chi connectivity index (χ1v) is 12.0. The summed E-state index contributed by atoms with van der Waals surface area (Å²) in [7, 11) is 0. The molecule has 0 aromatic carbocycles. The zero-order valence-corrected chi connectivity index (χ0v) is 22.5. The lowest BCUT2D eigenvalue weighted by Crippen LogP contribution is -2.61. The number of ether oxygens (including phenoxy) is 3. The molecular weight excluding hydrogens is 574 g/mol. The van der Waals surface area contributed by atoms with Crippen LogP contribution in [-0.4, -0.2) is 83.1 Å². The first-order valence-electron chi connectivity index (χ1n) is 12.0. The Kier molecular flexibility index (Phi) is 10.8. The van der Waals surface area contributed by atoms with Gasteiger partial charge in [-0.15, -0.1) is 0 Å². The van der Waals surface area contributed by atoms with E-state index in [1.165, 1.54) is 20.8 Å². The summed E-state index contributed by atoms with van der Waals surface area (Å²) >= 11 is 0. The van der Waals surface area contributed by atoms with Crippen LogP contribution in [0.2, 0.25) is 0 Å². The van der Waals surface area contributed by atoms with E-state index in [0.29, 0.717) is 0 Å². The number of hydrogen-bond acceptors (Lipinski definition) is 6. The molecule has 0 saturated heterocycles. The number of carbonyl (C=O) groups is 1. The summed E-state index contributed by atoms with van der Waals surface area (Å²) in [5, 5.41) is 19.2. The van der Waals surface area contributed by atoms with Gasteiger partial charge >= 0.3 is 24.5 Å². The minimum Gasteiger partial charge on any atom is -0.459 e. The van der Waals surface area contributed by atoms with Crippen LogP contribution in [0.3, 0.4) is 0 Å². The largest absolute Gasteiger partial charge is 0.459 e. The van der Waals surface area contributed by atoms with Crippen molar-refractivity contribution in [3.63, 3.8) is 0 Å². The van der Waals surface area contributed by atoms with Crippen molar-refractivity contribution in [1.82, 2.24) is 0 Å².